The number of aliphatic hydroxyl groups excluding tert-OH is 1. The van der Waals surface area contributed by atoms with Gasteiger partial charge in [-0.1, -0.05) is 42.5 Å². The van der Waals surface area contributed by atoms with Crippen LogP contribution in [-0.4, -0.2) is 60.7 Å². The molecule has 3 rings (SSSR count). The first-order valence-corrected chi connectivity index (χ1v) is 14.0. The van der Waals surface area contributed by atoms with Crippen LogP contribution in [-0.2, 0) is 21.2 Å². The molecule has 9 heteroatoms. The molecule has 39 heavy (non-hydrogen) atoms. The number of aliphatic carboxylic acids is 1. The summed E-state index contributed by atoms with van der Waals surface area (Å²) >= 11 is 0. The maximum Gasteiger partial charge on any atom is 0.328 e. The van der Waals surface area contributed by atoms with Crippen LogP contribution in [0.15, 0.2) is 77.7 Å². The monoisotopic (exact) mass is 554 g/mol. The van der Waals surface area contributed by atoms with Crippen molar-refractivity contribution in [3.8, 4) is 11.1 Å². The number of aliphatic hydroxyl groups is 1. The van der Waals surface area contributed by atoms with Crippen molar-refractivity contribution < 1.29 is 27.8 Å². The van der Waals surface area contributed by atoms with Gasteiger partial charge in [-0.2, -0.15) is 4.31 Å². The van der Waals surface area contributed by atoms with Gasteiger partial charge in [-0.15, -0.1) is 0 Å². The van der Waals surface area contributed by atoms with Crippen LogP contribution in [0.4, 0.5) is 4.39 Å². The summed E-state index contributed by atoms with van der Waals surface area (Å²) in [6.45, 7) is 5.62. The zero-order chi connectivity index (χ0) is 28.8. The van der Waals surface area contributed by atoms with Gasteiger partial charge >= 0.3 is 5.97 Å². The predicted octanol–water partition coefficient (Wildman–Crippen LogP) is 4.49. The lowest BCUT2D eigenvalue weighted by Crippen LogP contribution is -2.47. The number of likely N-dealkylation sites (N-methyl/N-ethyl adjacent to an activating group) is 1. The normalized spacial score (nSPS) is 13.2. The van der Waals surface area contributed by atoms with E-state index in [0.29, 0.717) is 23.1 Å². The van der Waals surface area contributed by atoms with Crippen molar-refractivity contribution in [3.05, 3.63) is 95.3 Å². The predicted molar refractivity (Wildman–Crippen MR) is 151 cm³/mol. The number of nitrogens with one attached hydrogen (secondary N) is 1. The molecule has 0 saturated heterocycles. The second-order valence-electron chi connectivity index (χ2n) is 10.3. The third-order valence-corrected chi connectivity index (χ3v) is 8.17. The molecule has 0 fully saturated rings. The minimum Gasteiger partial charge on any atom is -0.478 e. The fourth-order valence-electron chi connectivity index (χ4n) is 4.18. The molecule has 3 aromatic carbocycles. The lowest BCUT2D eigenvalue weighted by atomic mass is 9.94. The van der Waals surface area contributed by atoms with Crippen LogP contribution >= 0.6 is 0 Å². The van der Waals surface area contributed by atoms with Crippen molar-refractivity contribution in [3.63, 3.8) is 0 Å². The molecule has 0 radical (unpaired) electrons. The van der Waals surface area contributed by atoms with Crippen LogP contribution in [0.25, 0.3) is 17.2 Å². The number of hydrogen-bond acceptors (Lipinski definition) is 5. The van der Waals surface area contributed by atoms with E-state index >= 15 is 0 Å². The molecule has 3 aromatic rings. The Morgan fingerprint density at radius 2 is 1.74 bits per heavy atom. The number of nitrogens with zero attached hydrogens (tertiary/aromatic N) is 1. The molecule has 208 valence electrons. The quantitative estimate of drug-likeness (QED) is 0.285. The number of halogens is 1. The number of aryl methyl sites for hydroxylation is 1. The van der Waals surface area contributed by atoms with E-state index in [0.717, 1.165) is 21.5 Å². The number of carbonyl (C=O) groups is 1. The van der Waals surface area contributed by atoms with Crippen LogP contribution < -0.4 is 5.32 Å². The lowest BCUT2D eigenvalue weighted by Gasteiger charge is -2.29. The molecule has 0 aromatic heterocycles. The smallest absolute Gasteiger partial charge is 0.328 e. The summed E-state index contributed by atoms with van der Waals surface area (Å²) in [6, 6.07) is 18.7. The van der Waals surface area contributed by atoms with Crippen molar-refractivity contribution in [2.75, 3.05) is 20.1 Å². The average Bonchev–Trinajstić information content (AvgIpc) is 2.88. The Morgan fingerprint density at radius 3 is 2.41 bits per heavy atom. The van der Waals surface area contributed by atoms with Crippen molar-refractivity contribution in [1.82, 2.24) is 9.62 Å². The van der Waals surface area contributed by atoms with Crippen LogP contribution in [0.5, 0.6) is 0 Å². The third kappa shape index (κ3) is 8.56. The zero-order valence-corrected chi connectivity index (χ0v) is 23.4. The first-order valence-electron chi connectivity index (χ1n) is 12.5. The molecule has 0 unspecified atom stereocenters. The highest BCUT2D eigenvalue weighted by atomic mass is 32.2. The van der Waals surface area contributed by atoms with Gasteiger partial charge in [0.25, 0.3) is 0 Å². The van der Waals surface area contributed by atoms with E-state index in [1.165, 1.54) is 25.3 Å². The van der Waals surface area contributed by atoms with Crippen LogP contribution in [0, 0.1) is 12.7 Å². The van der Waals surface area contributed by atoms with Crippen molar-refractivity contribution in [1.29, 1.82) is 0 Å². The molecule has 0 aliphatic carbocycles. The molecular weight excluding hydrogens is 519 g/mol. The van der Waals surface area contributed by atoms with Crippen LogP contribution in [0.3, 0.4) is 0 Å². The molecule has 0 heterocycles. The molecule has 0 aliphatic rings. The summed E-state index contributed by atoms with van der Waals surface area (Å²) in [5, 5.41) is 22.7. The number of sulfonamides is 1. The third-order valence-electron chi connectivity index (χ3n) is 6.35. The number of rotatable bonds is 12. The molecule has 0 spiro atoms. The van der Waals surface area contributed by atoms with E-state index < -0.39 is 27.6 Å². The van der Waals surface area contributed by atoms with Gasteiger partial charge in [0, 0.05) is 31.8 Å². The van der Waals surface area contributed by atoms with Crippen molar-refractivity contribution >= 4 is 22.1 Å². The van der Waals surface area contributed by atoms with E-state index in [1.54, 1.807) is 49.4 Å². The first-order chi connectivity index (χ1) is 18.3. The van der Waals surface area contributed by atoms with Gasteiger partial charge in [0.2, 0.25) is 10.0 Å². The Hall–Kier alpha value is -3.37. The SMILES string of the molecule is Cc1ccc(CC(C)(C)NC[C@@H](O)CN(C)S(=O)(=O)c2cccc(-c3cccc(/C=C/C(=O)O)c3)c2)cc1F. The van der Waals surface area contributed by atoms with Crippen molar-refractivity contribution in [2.24, 2.45) is 0 Å². The van der Waals surface area contributed by atoms with E-state index in [9.17, 15) is 22.7 Å². The zero-order valence-electron chi connectivity index (χ0n) is 22.6. The van der Waals surface area contributed by atoms with E-state index in [4.69, 9.17) is 5.11 Å². The Balaban J connectivity index is 1.65. The number of carboxylic acids is 1. The highest BCUT2D eigenvalue weighted by Crippen LogP contribution is 2.25. The van der Waals surface area contributed by atoms with Gasteiger partial charge in [0.15, 0.2) is 0 Å². The van der Waals surface area contributed by atoms with Gasteiger partial charge in [-0.3, -0.25) is 0 Å². The molecular formula is C30H35FN2O5S. The molecule has 0 amide bonds. The first kappa shape index (κ1) is 30.2. The molecule has 0 saturated carbocycles. The Morgan fingerprint density at radius 1 is 1.08 bits per heavy atom. The number of carboxylic acid groups (broad SMARTS) is 1. The minimum absolute atomic E-state index is 0.0795. The van der Waals surface area contributed by atoms with Crippen molar-refractivity contribution in [2.45, 2.75) is 43.7 Å². The van der Waals surface area contributed by atoms with Gasteiger partial charge < -0.3 is 15.5 Å². The number of hydrogen-bond donors (Lipinski definition) is 3. The van der Waals surface area contributed by atoms with Gasteiger partial charge in [0.1, 0.15) is 5.82 Å². The second kappa shape index (κ2) is 12.7. The molecule has 1 atom stereocenters. The summed E-state index contributed by atoms with van der Waals surface area (Å²) in [7, 11) is -2.48. The summed E-state index contributed by atoms with van der Waals surface area (Å²) < 4.78 is 41.6. The Bertz CT molecular complexity index is 1450. The molecule has 7 nitrogen and oxygen atoms in total. The number of benzene rings is 3. The fourth-order valence-corrected chi connectivity index (χ4v) is 5.43. The highest BCUT2D eigenvalue weighted by Gasteiger charge is 2.25. The fraction of sp³-hybridized carbons (Fsp3) is 0.300. The van der Waals surface area contributed by atoms with Crippen LogP contribution in [0.2, 0.25) is 0 Å². The maximum absolute atomic E-state index is 13.9. The Labute approximate surface area is 229 Å². The minimum atomic E-state index is -3.90. The lowest BCUT2D eigenvalue weighted by molar-refractivity contribution is -0.131. The highest BCUT2D eigenvalue weighted by molar-refractivity contribution is 7.89. The van der Waals surface area contributed by atoms with Gasteiger partial charge in [0.05, 0.1) is 11.0 Å². The number of β-amino-alcohol motifs (C(OH)–C–C–N with tert-alkyl or cyclic N) is 1. The van der Waals surface area contributed by atoms with Crippen LogP contribution in [0.1, 0.15) is 30.5 Å². The summed E-state index contributed by atoms with van der Waals surface area (Å²) in [4.78, 5) is 10.9. The maximum atomic E-state index is 13.9. The summed E-state index contributed by atoms with van der Waals surface area (Å²) in [6.07, 6.45) is 2.07. The topological polar surface area (TPSA) is 107 Å². The van der Waals surface area contributed by atoms with E-state index in [2.05, 4.69) is 5.32 Å². The van der Waals surface area contributed by atoms with Gasteiger partial charge in [-0.25, -0.2) is 17.6 Å². The molecule has 3 N–H and O–H groups in total. The summed E-state index contributed by atoms with van der Waals surface area (Å²) in [5.41, 5.74) is 3.02. The largest absolute Gasteiger partial charge is 0.478 e. The van der Waals surface area contributed by atoms with E-state index in [-0.39, 0.29) is 23.8 Å². The van der Waals surface area contributed by atoms with E-state index in [1.807, 2.05) is 26.0 Å². The summed E-state index contributed by atoms with van der Waals surface area (Å²) in [5.74, 6) is -1.32. The van der Waals surface area contributed by atoms with Gasteiger partial charge in [-0.05, 0) is 85.4 Å². The molecule has 0 aliphatic heterocycles. The average molecular weight is 555 g/mol. The standard InChI is InChI=1S/C30H35FN2O5S/c1-21-11-12-23(16-28(21)31)18-30(2,3)32-19-26(34)20-33(4)39(37,38)27-10-6-9-25(17-27)24-8-5-7-22(15-24)13-14-29(35)36/h5-17,26,32,34H,18-20H2,1-4H3,(H,35,36)/b14-13+/t26-/m1/s1. The Kier molecular flexibility index (Phi) is 9.79. The molecule has 0 bridgehead atoms. The second-order valence-corrected chi connectivity index (χ2v) is 12.3.